The van der Waals surface area contributed by atoms with Gasteiger partial charge < -0.3 is 9.47 Å². The number of Topliss-reactive ketones (excluding diaryl/α,β-unsaturated/α-hetero) is 1. The van der Waals surface area contributed by atoms with Crippen LogP contribution >= 0.6 is 0 Å². The van der Waals surface area contributed by atoms with Crippen molar-refractivity contribution in [2.24, 2.45) is 9.98 Å². The lowest BCUT2D eigenvalue weighted by Crippen LogP contribution is -2.13. The summed E-state index contributed by atoms with van der Waals surface area (Å²) >= 11 is 0. The van der Waals surface area contributed by atoms with Gasteiger partial charge in [0.05, 0.1) is 25.6 Å². The highest BCUT2D eigenvalue weighted by Crippen LogP contribution is 2.25. The van der Waals surface area contributed by atoms with Gasteiger partial charge in [-0.15, -0.1) is 0 Å². The Morgan fingerprint density at radius 1 is 0.944 bits per heavy atom. The Balaban J connectivity index is 2.53. The molecule has 0 saturated carbocycles. The maximum absolute atomic E-state index is 11.8. The largest absolute Gasteiger partial charge is 0.492 e. The minimum absolute atomic E-state index is 0.226. The molecule has 94 valence electrons. The third kappa shape index (κ3) is 1.99. The van der Waals surface area contributed by atoms with Crippen molar-refractivity contribution in [1.29, 1.82) is 0 Å². The van der Waals surface area contributed by atoms with Gasteiger partial charge in [0, 0.05) is 5.57 Å². The van der Waals surface area contributed by atoms with Crippen molar-refractivity contribution in [3.63, 3.8) is 0 Å². The fourth-order valence-corrected chi connectivity index (χ4v) is 1.64. The summed E-state index contributed by atoms with van der Waals surface area (Å²) in [5.74, 6) is 0.749. The number of methoxy groups -OCH3 is 2. The molecule has 0 bridgehead atoms. The van der Waals surface area contributed by atoms with Gasteiger partial charge in [-0.1, -0.05) is 0 Å². The third-order valence-electron chi connectivity index (χ3n) is 2.79. The van der Waals surface area contributed by atoms with Crippen molar-refractivity contribution in [3.8, 4) is 0 Å². The number of nitrogens with zero attached hydrogens (tertiary/aromatic N) is 2. The van der Waals surface area contributed by atoms with Crippen molar-refractivity contribution in [3.05, 3.63) is 35.1 Å². The van der Waals surface area contributed by atoms with E-state index in [-0.39, 0.29) is 17.3 Å². The second-order valence-electron chi connectivity index (χ2n) is 3.93. The van der Waals surface area contributed by atoms with Gasteiger partial charge in [0.15, 0.2) is 17.3 Å². The topological polar surface area (TPSA) is 60.3 Å². The van der Waals surface area contributed by atoms with E-state index in [1.807, 2.05) is 13.8 Å². The molecular weight excluding hydrogens is 232 g/mol. The molecule has 5 nitrogen and oxygen atoms in total. The highest BCUT2D eigenvalue weighted by molar-refractivity contribution is 6.42. The number of ether oxygens (including phenoxy) is 2. The van der Waals surface area contributed by atoms with Gasteiger partial charge >= 0.3 is 0 Å². The molecular formula is C13H14N2O3. The Bertz CT molecular complexity index is 517. The van der Waals surface area contributed by atoms with Crippen molar-refractivity contribution >= 4 is 17.2 Å². The van der Waals surface area contributed by atoms with Crippen LogP contribution in [-0.2, 0) is 14.3 Å². The minimum Gasteiger partial charge on any atom is -0.492 e. The third-order valence-corrected chi connectivity index (χ3v) is 2.79. The van der Waals surface area contributed by atoms with Gasteiger partial charge in [0.2, 0.25) is 0 Å². The van der Waals surface area contributed by atoms with Crippen LogP contribution in [-0.4, -0.2) is 31.4 Å². The fraction of sp³-hybridized carbons (Fsp3) is 0.308. The molecule has 0 saturated heterocycles. The zero-order valence-electron chi connectivity index (χ0n) is 10.8. The van der Waals surface area contributed by atoms with Crippen LogP contribution < -0.4 is 0 Å². The quantitative estimate of drug-likeness (QED) is 0.746. The van der Waals surface area contributed by atoms with Gasteiger partial charge in [0.1, 0.15) is 0 Å². The Kier molecular flexibility index (Phi) is 3.14. The molecule has 0 N–H and O–H groups in total. The van der Waals surface area contributed by atoms with Crippen LogP contribution in [0.15, 0.2) is 45.0 Å². The SMILES string of the molecule is COC1=CC(=C2N=C(C)C(C)=N2)C=C(OC)C1=O. The van der Waals surface area contributed by atoms with E-state index in [0.29, 0.717) is 11.4 Å². The van der Waals surface area contributed by atoms with Gasteiger partial charge in [-0.25, -0.2) is 9.98 Å². The zero-order valence-corrected chi connectivity index (χ0v) is 10.8. The molecule has 0 amide bonds. The molecule has 0 radical (unpaired) electrons. The molecule has 0 aromatic heterocycles. The molecule has 0 aromatic rings. The summed E-state index contributed by atoms with van der Waals surface area (Å²) in [5.41, 5.74) is 2.45. The molecule has 0 atom stereocenters. The first kappa shape index (κ1) is 12.3. The molecule has 0 spiro atoms. The van der Waals surface area contributed by atoms with Crippen molar-refractivity contribution in [2.45, 2.75) is 13.8 Å². The number of carbonyl (C=O) groups is 1. The van der Waals surface area contributed by atoms with Crippen LogP contribution in [0.25, 0.3) is 0 Å². The number of carbonyl (C=O) groups excluding carboxylic acids is 1. The van der Waals surface area contributed by atoms with E-state index in [2.05, 4.69) is 9.98 Å². The lowest BCUT2D eigenvalue weighted by atomic mass is 10.1. The summed E-state index contributed by atoms with van der Waals surface area (Å²) in [5, 5.41) is 0. The second-order valence-corrected chi connectivity index (χ2v) is 3.93. The Morgan fingerprint density at radius 3 is 1.78 bits per heavy atom. The Morgan fingerprint density at radius 2 is 1.39 bits per heavy atom. The van der Waals surface area contributed by atoms with E-state index in [9.17, 15) is 4.79 Å². The normalized spacial score (nSPS) is 19.2. The number of aliphatic imine (C=N–C) groups is 2. The second kappa shape index (κ2) is 4.60. The molecule has 0 unspecified atom stereocenters. The number of hydrogen-bond acceptors (Lipinski definition) is 5. The van der Waals surface area contributed by atoms with E-state index in [1.54, 1.807) is 12.2 Å². The van der Waals surface area contributed by atoms with Crippen LogP contribution in [0.4, 0.5) is 0 Å². The van der Waals surface area contributed by atoms with Crippen molar-refractivity contribution in [1.82, 2.24) is 0 Å². The Hall–Kier alpha value is -2.17. The highest BCUT2D eigenvalue weighted by Gasteiger charge is 2.24. The molecule has 2 rings (SSSR count). The minimum atomic E-state index is -0.274. The average Bonchev–Trinajstić information content (AvgIpc) is 2.70. The molecule has 1 aliphatic carbocycles. The van der Waals surface area contributed by atoms with Crippen LogP contribution in [0.1, 0.15) is 13.8 Å². The van der Waals surface area contributed by atoms with Gasteiger partial charge in [-0.3, -0.25) is 4.79 Å². The summed E-state index contributed by atoms with van der Waals surface area (Å²) in [7, 11) is 2.89. The summed E-state index contributed by atoms with van der Waals surface area (Å²) in [4.78, 5) is 20.5. The lowest BCUT2D eigenvalue weighted by Gasteiger charge is -2.13. The predicted molar refractivity (Wildman–Crippen MR) is 68.4 cm³/mol. The first-order chi connectivity index (χ1) is 8.56. The van der Waals surface area contributed by atoms with E-state index in [0.717, 1.165) is 11.4 Å². The maximum Gasteiger partial charge on any atom is 0.261 e. The van der Waals surface area contributed by atoms with Gasteiger partial charge in [-0.05, 0) is 26.0 Å². The van der Waals surface area contributed by atoms with Crippen LogP contribution in [0.5, 0.6) is 0 Å². The first-order valence-corrected chi connectivity index (χ1v) is 5.48. The monoisotopic (exact) mass is 246 g/mol. The number of hydrogen-bond donors (Lipinski definition) is 0. The van der Waals surface area contributed by atoms with E-state index in [4.69, 9.17) is 9.47 Å². The lowest BCUT2D eigenvalue weighted by molar-refractivity contribution is -0.117. The van der Waals surface area contributed by atoms with E-state index in [1.165, 1.54) is 14.2 Å². The molecule has 2 aliphatic rings. The summed E-state index contributed by atoms with van der Waals surface area (Å²) in [6, 6.07) is 0. The summed E-state index contributed by atoms with van der Waals surface area (Å²) in [6.45, 7) is 3.78. The highest BCUT2D eigenvalue weighted by atomic mass is 16.5. The average molecular weight is 246 g/mol. The van der Waals surface area contributed by atoms with E-state index < -0.39 is 0 Å². The molecule has 1 heterocycles. The van der Waals surface area contributed by atoms with Gasteiger partial charge in [-0.2, -0.15) is 0 Å². The first-order valence-electron chi connectivity index (χ1n) is 5.48. The van der Waals surface area contributed by atoms with Crippen LogP contribution in [0, 0.1) is 0 Å². The molecule has 0 fully saturated rings. The standard InChI is InChI=1S/C13H14N2O3/c1-7-8(2)15-13(14-7)9-5-10(17-3)12(16)11(6-9)18-4/h5-6H,1-4H3. The van der Waals surface area contributed by atoms with Crippen molar-refractivity contribution in [2.75, 3.05) is 14.2 Å². The number of allylic oxidation sites excluding steroid dienone is 3. The molecule has 18 heavy (non-hydrogen) atoms. The predicted octanol–water partition coefficient (Wildman–Crippen LogP) is 1.78. The summed E-state index contributed by atoms with van der Waals surface area (Å²) in [6.07, 6.45) is 3.25. The van der Waals surface area contributed by atoms with Crippen LogP contribution in [0.2, 0.25) is 0 Å². The zero-order chi connectivity index (χ0) is 13.3. The number of rotatable bonds is 2. The number of ketones is 1. The fourth-order valence-electron chi connectivity index (χ4n) is 1.64. The molecule has 0 aromatic carbocycles. The summed E-state index contributed by atoms with van der Waals surface area (Å²) < 4.78 is 10.1. The van der Waals surface area contributed by atoms with Crippen LogP contribution in [0.3, 0.4) is 0 Å². The Labute approximate surface area is 105 Å². The molecule has 1 aliphatic heterocycles. The van der Waals surface area contributed by atoms with Gasteiger partial charge in [0.25, 0.3) is 5.78 Å². The maximum atomic E-state index is 11.8. The smallest absolute Gasteiger partial charge is 0.261 e. The van der Waals surface area contributed by atoms with E-state index >= 15 is 0 Å². The molecule has 5 heteroatoms. The van der Waals surface area contributed by atoms with Crippen molar-refractivity contribution < 1.29 is 14.3 Å².